The number of allylic oxidation sites excluding steroid dienone is 2. The third-order valence-electron chi connectivity index (χ3n) is 3.68. The van der Waals surface area contributed by atoms with Crippen LogP contribution in [0.25, 0.3) is 22.2 Å². The van der Waals surface area contributed by atoms with Crippen LogP contribution in [0.4, 0.5) is 0 Å². The number of nitrogens with zero attached hydrogens (tertiary/aromatic N) is 1. The average Bonchev–Trinajstić information content (AvgIpc) is 2.52. The van der Waals surface area contributed by atoms with E-state index in [2.05, 4.69) is 69.3 Å². The van der Waals surface area contributed by atoms with Crippen LogP contribution < -0.4 is 0 Å². The number of rotatable bonds is 2. The molecule has 27 heavy (non-hydrogen) atoms. The second kappa shape index (κ2) is 10.1. The van der Waals surface area contributed by atoms with Gasteiger partial charge in [-0.15, -0.1) is 34.9 Å². The summed E-state index contributed by atoms with van der Waals surface area (Å²) in [5.74, 6) is -0.0625. The van der Waals surface area contributed by atoms with Crippen LogP contribution in [0, 0.1) is 26.8 Å². The van der Waals surface area contributed by atoms with Gasteiger partial charge in [0.15, 0.2) is 5.78 Å². The maximum atomic E-state index is 10.0. The van der Waals surface area contributed by atoms with Gasteiger partial charge in [0.2, 0.25) is 0 Å². The van der Waals surface area contributed by atoms with Crippen LogP contribution in [-0.2, 0) is 24.9 Å². The molecular formula is C23H24IrNO2-. The molecule has 0 aliphatic carbocycles. The van der Waals surface area contributed by atoms with Gasteiger partial charge in [-0.3, -0.25) is 9.78 Å². The summed E-state index contributed by atoms with van der Waals surface area (Å²) < 4.78 is 0. The molecule has 0 saturated carbocycles. The van der Waals surface area contributed by atoms with Crippen molar-refractivity contribution in [2.24, 2.45) is 0 Å². The van der Waals surface area contributed by atoms with Crippen molar-refractivity contribution in [1.29, 1.82) is 0 Å². The molecule has 4 heteroatoms. The molecule has 0 spiro atoms. The van der Waals surface area contributed by atoms with E-state index >= 15 is 0 Å². The zero-order valence-corrected chi connectivity index (χ0v) is 18.6. The fraction of sp³-hybridized carbons (Fsp3) is 0.217. The molecule has 1 N–H and O–H groups in total. The molecule has 1 aromatic heterocycles. The van der Waals surface area contributed by atoms with E-state index in [-0.39, 0.29) is 31.6 Å². The monoisotopic (exact) mass is 539 g/mol. The summed E-state index contributed by atoms with van der Waals surface area (Å²) in [5.41, 5.74) is 6.75. The van der Waals surface area contributed by atoms with Gasteiger partial charge in [-0.25, -0.2) is 0 Å². The average molecular weight is 539 g/mol. The molecular weight excluding hydrogens is 514 g/mol. The van der Waals surface area contributed by atoms with Crippen LogP contribution in [0.3, 0.4) is 0 Å². The number of benzene rings is 2. The van der Waals surface area contributed by atoms with Crippen molar-refractivity contribution in [3.05, 3.63) is 77.1 Å². The van der Waals surface area contributed by atoms with Crippen LogP contribution >= 0.6 is 0 Å². The van der Waals surface area contributed by atoms with Gasteiger partial charge in [0.25, 0.3) is 0 Å². The first-order valence-electron chi connectivity index (χ1n) is 8.51. The van der Waals surface area contributed by atoms with Crippen molar-refractivity contribution in [3.63, 3.8) is 0 Å². The minimum Gasteiger partial charge on any atom is -0.512 e. The Labute approximate surface area is 174 Å². The maximum Gasteiger partial charge on any atom is 0.155 e. The zero-order valence-electron chi connectivity index (χ0n) is 16.3. The normalized spacial score (nSPS) is 10.6. The second-order valence-corrected chi connectivity index (χ2v) is 6.54. The number of fused-ring (bicyclic) bond motifs is 1. The second-order valence-electron chi connectivity index (χ2n) is 6.54. The van der Waals surface area contributed by atoms with E-state index in [0.29, 0.717) is 0 Å². The first-order valence-corrected chi connectivity index (χ1v) is 8.51. The van der Waals surface area contributed by atoms with Gasteiger partial charge in [0.05, 0.1) is 11.3 Å². The number of hydrogen-bond donors (Lipinski definition) is 1. The Balaban J connectivity index is 0.000000395. The van der Waals surface area contributed by atoms with Gasteiger partial charge in [0.1, 0.15) is 0 Å². The zero-order chi connectivity index (χ0) is 19.3. The van der Waals surface area contributed by atoms with Crippen LogP contribution in [-0.4, -0.2) is 15.9 Å². The molecule has 2 aromatic carbocycles. The minimum atomic E-state index is -0.125. The van der Waals surface area contributed by atoms with Gasteiger partial charge in [0, 0.05) is 26.2 Å². The first-order chi connectivity index (χ1) is 12.2. The summed E-state index contributed by atoms with van der Waals surface area (Å²) >= 11 is 0. The van der Waals surface area contributed by atoms with Gasteiger partial charge < -0.3 is 5.11 Å². The quantitative estimate of drug-likeness (QED) is 0.260. The molecule has 0 aliphatic rings. The number of ketones is 1. The molecule has 3 rings (SSSR count). The topological polar surface area (TPSA) is 50.2 Å². The fourth-order valence-electron chi connectivity index (χ4n) is 2.70. The van der Waals surface area contributed by atoms with E-state index in [0.717, 1.165) is 22.3 Å². The number of hydrogen-bond acceptors (Lipinski definition) is 3. The molecule has 0 fully saturated rings. The van der Waals surface area contributed by atoms with Crippen LogP contribution in [0.1, 0.15) is 30.5 Å². The Bertz CT molecular complexity index is 953. The Kier molecular flexibility index (Phi) is 8.55. The molecule has 0 unspecified atom stereocenters. The molecule has 0 atom stereocenters. The molecule has 0 bridgehead atoms. The van der Waals surface area contributed by atoms with Gasteiger partial charge in [-0.1, -0.05) is 38.1 Å². The Morgan fingerprint density at radius 2 is 1.67 bits per heavy atom. The molecule has 0 aliphatic heterocycles. The van der Waals surface area contributed by atoms with Crippen molar-refractivity contribution in [3.8, 4) is 11.3 Å². The summed E-state index contributed by atoms with van der Waals surface area (Å²) in [4.78, 5) is 14.8. The molecule has 143 valence electrons. The van der Waals surface area contributed by atoms with E-state index in [1.54, 1.807) is 0 Å². The summed E-state index contributed by atoms with van der Waals surface area (Å²) in [5, 5.41) is 9.54. The van der Waals surface area contributed by atoms with Crippen LogP contribution in [0.5, 0.6) is 0 Å². The third-order valence-corrected chi connectivity index (χ3v) is 3.68. The Hall–Kier alpha value is -2.29. The SMILES string of the molecule is CC(=O)C=C(C)O.Cc1[c-]c(-c2ccc3ccc(C)cc3n2)cc(C)c1.[Ir]. The summed E-state index contributed by atoms with van der Waals surface area (Å²) in [6, 6.07) is 18.2. The van der Waals surface area contributed by atoms with Crippen molar-refractivity contribution in [2.45, 2.75) is 34.6 Å². The number of carbonyl (C=O) groups is 1. The third kappa shape index (κ3) is 7.09. The molecule has 0 amide bonds. The van der Waals surface area contributed by atoms with E-state index in [1.807, 2.05) is 0 Å². The number of pyridine rings is 1. The van der Waals surface area contributed by atoms with E-state index in [9.17, 15) is 4.79 Å². The van der Waals surface area contributed by atoms with Crippen LogP contribution in [0.2, 0.25) is 0 Å². The molecule has 3 nitrogen and oxygen atoms in total. The van der Waals surface area contributed by atoms with Crippen LogP contribution in [0.15, 0.2) is 54.3 Å². The molecule has 3 aromatic rings. The number of carbonyl (C=O) groups excluding carboxylic acids is 1. The predicted molar refractivity (Wildman–Crippen MR) is 107 cm³/mol. The van der Waals surface area contributed by atoms with Crippen molar-refractivity contribution in [2.75, 3.05) is 0 Å². The summed E-state index contributed by atoms with van der Waals surface area (Å²) in [6.45, 7) is 9.12. The van der Waals surface area contributed by atoms with E-state index < -0.39 is 0 Å². The molecule has 1 radical (unpaired) electrons. The number of aliphatic hydroxyl groups is 1. The van der Waals surface area contributed by atoms with Gasteiger partial charge in [-0.05, 0) is 43.5 Å². The fourth-order valence-corrected chi connectivity index (χ4v) is 2.70. The number of aromatic nitrogens is 1. The standard InChI is InChI=1S/C18H16N.C5H8O2.Ir/c1-12-4-5-15-6-7-17(19-18(15)11-12)16-9-13(2)8-14(3)10-16;1-4(6)3-5(2)7;/h4-9,11H,1-3H3;3,6H,1-2H3;/q-1;;. The predicted octanol–water partition coefficient (Wildman–Crippen LogP) is 5.66. The van der Waals surface area contributed by atoms with E-state index in [1.165, 1.54) is 36.4 Å². The molecule has 1 heterocycles. The van der Waals surface area contributed by atoms with Gasteiger partial charge >= 0.3 is 0 Å². The largest absolute Gasteiger partial charge is 0.512 e. The Morgan fingerprint density at radius 3 is 2.22 bits per heavy atom. The number of aliphatic hydroxyl groups excluding tert-OH is 1. The minimum absolute atomic E-state index is 0. The summed E-state index contributed by atoms with van der Waals surface area (Å²) in [7, 11) is 0. The Morgan fingerprint density at radius 1 is 1.00 bits per heavy atom. The van der Waals surface area contributed by atoms with Crippen molar-refractivity contribution < 1.29 is 30.0 Å². The van der Waals surface area contributed by atoms with Crippen molar-refractivity contribution >= 4 is 16.7 Å². The number of aryl methyl sites for hydroxylation is 3. The first kappa shape index (κ1) is 22.7. The van der Waals surface area contributed by atoms with Crippen molar-refractivity contribution in [1.82, 2.24) is 4.98 Å². The smallest absolute Gasteiger partial charge is 0.155 e. The van der Waals surface area contributed by atoms with E-state index in [4.69, 9.17) is 10.1 Å². The van der Waals surface area contributed by atoms with Gasteiger partial charge in [-0.2, -0.15) is 0 Å². The molecule has 0 saturated heterocycles. The summed E-state index contributed by atoms with van der Waals surface area (Å²) in [6.07, 6.45) is 1.17. The maximum absolute atomic E-state index is 10.0.